The number of allylic oxidation sites excluding steroid dienone is 1. The first-order valence-electron chi connectivity index (χ1n) is 3.99. The maximum absolute atomic E-state index is 11.5. The molecule has 3 heteroatoms. The fourth-order valence-electron chi connectivity index (χ4n) is 1.55. The molecule has 0 unspecified atom stereocenters. The summed E-state index contributed by atoms with van der Waals surface area (Å²) in [7, 11) is 0. The van der Waals surface area contributed by atoms with Crippen molar-refractivity contribution in [2.24, 2.45) is 5.41 Å². The van der Waals surface area contributed by atoms with Crippen molar-refractivity contribution in [1.29, 1.82) is 0 Å². The number of rotatable bonds is 0. The van der Waals surface area contributed by atoms with Gasteiger partial charge in [-0.05, 0) is 13.3 Å². The Bertz CT molecular complexity index is 250. The summed E-state index contributed by atoms with van der Waals surface area (Å²) in [6.07, 6.45) is -0.577. The molecule has 0 aromatic rings. The molecule has 0 saturated carbocycles. The molecule has 0 radical (unpaired) electrons. The zero-order valence-electron chi connectivity index (χ0n) is 7.59. The quantitative estimate of drug-likeness (QED) is 0.574. The molecule has 0 amide bonds. The van der Waals surface area contributed by atoms with E-state index in [1.165, 1.54) is 0 Å². The third-order valence-corrected chi connectivity index (χ3v) is 2.36. The van der Waals surface area contributed by atoms with Crippen LogP contribution in [0.15, 0.2) is 11.3 Å². The minimum atomic E-state index is -0.877. The van der Waals surface area contributed by atoms with E-state index in [2.05, 4.69) is 0 Å². The van der Waals surface area contributed by atoms with Crippen molar-refractivity contribution in [3.63, 3.8) is 0 Å². The van der Waals surface area contributed by atoms with Gasteiger partial charge >= 0.3 is 0 Å². The van der Waals surface area contributed by atoms with Crippen LogP contribution in [0.1, 0.15) is 27.2 Å². The molecule has 3 nitrogen and oxygen atoms in total. The molecular formula is C9H14O3. The zero-order valence-corrected chi connectivity index (χ0v) is 7.59. The largest absolute Gasteiger partial charge is 0.509 e. The third-order valence-electron chi connectivity index (χ3n) is 2.36. The monoisotopic (exact) mass is 170 g/mol. The van der Waals surface area contributed by atoms with Gasteiger partial charge in [0.2, 0.25) is 0 Å². The van der Waals surface area contributed by atoms with Gasteiger partial charge in [-0.3, -0.25) is 4.79 Å². The summed E-state index contributed by atoms with van der Waals surface area (Å²) in [6, 6.07) is 0. The van der Waals surface area contributed by atoms with Crippen LogP contribution < -0.4 is 0 Å². The summed E-state index contributed by atoms with van der Waals surface area (Å²) in [5.74, 6) is -0.246. The van der Waals surface area contributed by atoms with Gasteiger partial charge in [-0.15, -0.1) is 0 Å². The lowest BCUT2D eigenvalue weighted by molar-refractivity contribution is -0.126. The Balaban J connectivity index is 3.10. The van der Waals surface area contributed by atoms with E-state index < -0.39 is 11.5 Å². The van der Waals surface area contributed by atoms with Crippen LogP contribution in [-0.2, 0) is 4.79 Å². The number of aliphatic hydroxyl groups excluding tert-OH is 2. The lowest BCUT2D eigenvalue weighted by Gasteiger charge is -2.31. The highest BCUT2D eigenvalue weighted by Crippen LogP contribution is 2.34. The lowest BCUT2D eigenvalue weighted by atomic mass is 9.74. The van der Waals surface area contributed by atoms with Gasteiger partial charge in [-0.2, -0.15) is 0 Å². The van der Waals surface area contributed by atoms with Gasteiger partial charge in [0.25, 0.3) is 0 Å². The van der Waals surface area contributed by atoms with E-state index in [1.807, 2.05) is 0 Å². The van der Waals surface area contributed by atoms with Crippen molar-refractivity contribution >= 4 is 5.78 Å². The van der Waals surface area contributed by atoms with Gasteiger partial charge in [-0.25, -0.2) is 0 Å². The van der Waals surface area contributed by atoms with Gasteiger partial charge < -0.3 is 10.2 Å². The standard InChI is InChI=1S/C9H14O3/c1-5-7(11)6(10)4-9(2,3)8(5)12/h6,10-11H,4H2,1-3H3/t6-/m0/s1. The van der Waals surface area contributed by atoms with E-state index in [9.17, 15) is 15.0 Å². The number of carbonyl (C=O) groups excluding carboxylic acids is 1. The van der Waals surface area contributed by atoms with Crippen LogP contribution in [0.4, 0.5) is 0 Å². The summed E-state index contributed by atoms with van der Waals surface area (Å²) in [5.41, 5.74) is -0.255. The van der Waals surface area contributed by atoms with E-state index in [1.54, 1.807) is 20.8 Å². The Morgan fingerprint density at radius 3 is 2.50 bits per heavy atom. The van der Waals surface area contributed by atoms with E-state index >= 15 is 0 Å². The highest BCUT2D eigenvalue weighted by Gasteiger charge is 2.38. The predicted octanol–water partition coefficient (Wildman–Crippen LogP) is 1.18. The lowest BCUT2D eigenvalue weighted by Crippen LogP contribution is -2.36. The molecule has 1 rings (SSSR count). The number of aliphatic hydroxyl groups is 2. The first-order chi connectivity index (χ1) is 5.36. The minimum Gasteiger partial charge on any atom is -0.509 e. The zero-order chi connectivity index (χ0) is 9.52. The Labute approximate surface area is 71.7 Å². The van der Waals surface area contributed by atoms with Gasteiger partial charge in [-0.1, -0.05) is 13.8 Å². The first kappa shape index (κ1) is 9.26. The smallest absolute Gasteiger partial charge is 0.167 e. The number of Topliss-reactive ketones (excluding diaryl/α,β-unsaturated/α-hetero) is 1. The molecule has 0 saturated heterocycles. The molecular weight excluding hydrogens is 156 g/mol. The molecule has 0 fully saturated rings. The summed E-state index contributed by atoms with van der Waals surface area (Å²) in [4.78, 5) is 11.5. The molecule has 0 aromatic heterocycles. The van der Waals surface area contributed by atoms with Crippen LogP contribution in [0, 0.1) is 5.41 Å². The van der Waals surface area contributed by atoms with E-state index in [4.69, 9.17) is 0 Å². The topological polar surface area (TPSA) is 57.5 Å². The summed E-state index contributed by atoms with van der Waals surface area (Å²) < 4.78 is 0. The Hall–Kier alpha value is -0.830. The average Bonchev–Trinajstić information content (AvgIpc) is 1.97. The molecule has 2 N–H and O–H groups in total. The second-order valence-corrected chi connectivity index (χ2v) is 3.94. The highest BCUT2D eigenvalue weighted by molar-refractivity contribution is 6.00. The molecule has 0 aromatic carbocycles. The summed E-state index contributed by atoms with van der Waals surface area (Å²) >= 11 is 0. The molecule has 0 heterocycles. The van der Waals surface area contributed by atoms with Gasteiger partial charge in [0.1, 0.15) is 11.9 Å². The van der Waals surface area contributed by atoms with Crippen molar-refractivity contribution in [3.05, 3.63) is 11.3 Å². The van der Waals surface area contributed by atoms with Crippen molar-refractivity contribution in [1.82, 2.24) is 0 Å². The normalized spacial score (nSPS) is 29.3. The molecule has 0 bridgehead atoms. The Kier molecular flexibility index (Phi) is 2.00. The molecule has 1 aliphatic rings. The van der Waals surface area contributed by atoms with Crippen molar-refractivity contribution in [2.45, 2.75) is 33.3 Å². The molecule has 0 aliphatic heterocycles. The first-order valence-corrected chi connectivity index (χ1v) is 3.99. The maximum atomic E-state index is 11.5. The fraction of sp³-hybridized carbons (Fsp3) is 0.667. The second kappa shape index (κ2) is 2.59. The van der Waals surface area contributed by atoms with Gasteiger partial charge in [0.05, 0.1) is 0 Å². The fourth-order valence-corrected chi connectivity index (χ4v) is 1.55. The SMILES string of the molecule is CC1=C(O)[C@@H](O)CC(C)(C)C1=O. The minimum absolute atomic E-state index is 0.0784. The van der Waals surface area contributed by atoms with E-state index in [0.29, 0.717) is 12.0 Å². The van der Waals surface area contributed by atoms with Crippen LogP contribution in [0.3, 0.4) is 0 Å². The molecule has 1 aliphatic carbocycles. The molecule has 68 valence electrons. The van der Waals surface area contributed by atoms with Crippen LogP contribution in [0.5, 0.6) is 0 Å². The average molecular weight is 170 g/mol. The highest BCUT2D eigenvalue weighted by atomic mass is 16.3. The summed E-state index contributed by atoms with van der Waals surface area (Å²) in [6.45, 7) is 5.09. The number of carbonyl (C=O) groups is 1. The molecule has 12 heavy (non-hydrogen) atoms. The van der Waals surface area contributed by atoms with Gasteiger partial charge in [0.15, 0.2) is 5.78 Å². The molecule has 1 atom stereocenters. The Morgan fingerprint density at radius 1 is 1.50 bits per heavy atom. The van der Waals surface area contributed by atoms with Crippen molar-refractivity contribution in [3.8, 4) is 0 Å². The van der Waals surface area contributed by atoms with Crippen LogP contribution in [0.25, 0.3) is 0 Å². The van der Waals surface area contributed by atoms with E-state index in [0.717, 1.165) is 0 Å². The molecule has 0 spiro atoms. The number of hydrogen-bond donors (Lipinski definition) is 2. The van der Waals surface area contributed by atoms with Crippen LogP contribution >= 0.6 is 0 Å². The number of ketones is 1. The van der Waals surface area contributed by atoms with Crippen molar-refractivity contribution in [2.75, 3.05) is 0 Å². The van der Waals surface area contributed by atoms with Gasteiger partial charge in [0, 0.05) is 11.0 Å². The maximum Gasteiger partial charge on any atom is 0.167 e. The van der Waals surface area contributed by atoms with Crippen molar-refractivity contribution < 1.29 is 15.0 Å². The predicted molar refractivity (Wildman–Crippen MR) is 44.7 cm³/mol. The van der Waals surface area contributed by atoms with Crippen LogP contribution in [-0.4, -0.2) is 22.1 Å². The Morgan fingerprint density at radius 2 is 2.00 bits per heavy atom. The summed E-state index contributed by atoms with van der Waals surface area (Å²) in [5, 5.41) is 18.6. The third kappa shape index (κ3) is 1.25. The van der Waals surface area contributed by atoms with E-state index in [-0.39, 0.29) is 11.5 Å². The van der Waals surface area contributed by atoms with Crippen LogP contribution in [0.2, 0.25) is 0 Å². The number of hydrogen-bond acceptors (Lipinski definition) is 3. The second-order valence-electron chi connectivity index (χ2n) is 3.94.